The van der Waals surface area contributed by atoms with E-state index in [4.69, 9.17) is 9.47 Å². The average Bonchev–Trinajstić information content (AvgIpc) is 3.36. The molecule has 7 rings (SSSR count). The van der Waals surface area contributed by atoms with Crippen LogP contribution in [0.1, 0.15) is 83.6 Å². The first kappa shape index (κ1) is 37.9. The molecule has 0 aromatic heterocycles. The van der Waals surface area contributed by atoms with Gasteiger partial charge in [0.2, 0.25) is 10.0 Å². The van der Waals surface area contributed by atoms with Gasteiger partial charge in [-0.25, -0.2) is 12.7 Å². The molecule has 4 fully saturated rings. The first-order valence-corrected chi connectivity index (χ1v) is 19.5. The highest BCUT2D eigenvalue weighted by Gasteiger charge is 2.79. The number of rotatable bonds is 5. The van der Waals surface area contributed by atoms with Gasteiger partial charge in [-0.05, 0) is 84.8 Å². The van der Waals surface area contributed by atoms with Crippen LogP contribution in [0.4, 0.5) is 22.0 Å². The molecule has 2 aromatic rings. The van der Waals surface area contributed by atoms with Gasteiger partial charge < -0.3 is 19.7 Å². The molecular weight excluding hydrogens is 705 g/mol. The van der Waals surface area contributed by atoms with Gasteiger partial charge in [0.05, 0.1) is 23.7 Å². The van der Waals surface area contributed by atoms with Gasteiger partial charge in [-0.2, -0.15) is 22.0 Å². The van der Waals surface area contributed by atoms with E-state index in [9.17, 15) is 31.8 Å². The fourth-order valence-electron chi connectivity index (χ4n) is 10.2. The maximum absolute atomic E-state index is 15.5. The summed E-state index contributed by atoms with van der Waals surface area (Å²) in [5.41, 5.74) is -2.75. The Bertz CT molecular complexity index is 1850. The highest BCUT2D eigenvalue weighted by atomic mass is 32.2. The zero-order valence-corrected chi connectivity index (χ0v) is 31.0. The van der Waals surface area contributed by atoms with Crippen molar-refractivity contribution in [1.29, 1.82) is 0 Å². The molecule has 286 valence electrons. The minimum atomic E-state index is -5.93. The van der Waals surface area contributed by atoms with Crippen molar-refractivity contribution in [3.63, 3.8) is 0 Å². The number of alkyl halides is 5. The van der Waals surface area contributed by atoms with Crippen LogP contribution < -0.4 is 0 Å². The Morgan fingerprint density at radius 2 is 1.40 bits per heavy atom. The number of hydrogen-bond donors (Lipinski definition) is 2. The number of benzene rings is 2. The Morgan fingerprint density at radius 1 is 0.827 bits per heavy atom. The number of halogens is 5. The van der Waals surface area contributed by atoms with E-state index in [1.807, 2.05) is 38.1 Å². The van der Waals surface area contributed by atoms with Gasteiger partial charge in [-0.1, -0.05) is 62.7 Å². The smallest absolute Gasteiger partial charge is 0.385 e. The third-order valence-electron chi connectivity index (χ3n) is 13.2. The molecule has 0 amide bonds. The summed E-state index contributed by atoms with van der Waals surface area (Å²) in [7, 11) is -0.735. The minimum Gasteiger partial charge on any atom is -0.385 e. The number of aliphatic hydroxyl groups is 2. The molecule has 1 heterocycles. The van der Waals surface area contributed by atoms with Gasteiger partial charge in [-0.15, -0.1) is 0 Å². The van der Waals surface area contributed by atoms with E-state index in [1.165, 1.54) is 33.2 Å². The lowest BCUT2D eigenvalue weighted by atomic mass is 9.49. The molecule has 1 saturated heterocycles. The second-order valence-electron chi connectivity index (χ2n) is 17.1. The van der Waals surface area contributed by atoms with Gasteiger partial charge in [0.1, 0.15) is 5.60 Å². The molecule has 0 radical (unpaired) electrons. The van der Waals surface area contributed by atoms with Crippen molar-refractivity contribution in [1.82, 2.24) is 4.31 Å². The molecule has 0 bridgehead atoms. The van der Waals surface area contributed by atoms with Crippen molar-refractivity contribution in [2.45, 2.75) is 112 Å². The maximum Gasteiger partial charge on any atom is 0.456 e. The van der Waals surface area contributed by atoms with Gasteiger partial charge >= 0.3 is 12.1 Å². The molecule has 2 N–H and O–H groups in total. The average molecular weight is 754 g/mol. The molecule has 5 aliphatic rings. The SMILES string of the molecule is CN(C)S(=O)(=O)c1ccc(-c2ccc([C@H]3C[C@@]4(C)C(CC[C@@]4(O)C(F)(F)C(F)(F)F)C4CC[C@@]5(O)CC6(CCC5=C43)OCC(C)(C)CO6)cc2)cc1. The lowest BCUT2D eigenvalue weighted by Crippen LogP contribution is -2.65. The highest BCUT2D eigenvalue weighted by molar-refractivity contribution is 7.89. The van der Waals surface area contributed by atoms with Crippen molar-refractivity contribution in [3.05, 3.63) is 65.2 Å². The summed E-state index contributed by atoms with van der Waals surface area (Å²) < 4.78 is 112. The molecule has 6 atom stereocenters. The summed E-state index contributed by atoms with van der Waals surface area (Å²) in [5, 5.41) is 24.1. The van der Waals surface area contributed by atoms with E-state index in [2.05, 4.69) is 0 Å². The van der Waals surface area contributed by atoms with Crippen LogP contribution in [0.25, 0.3) is 11.1 Å². The maximum atomic E-state index is 15.5. The monoisotopic (exact) mass is 753 g/mol. The molecule has 3 saturated carbocycles. The van der Waals surface area contributed by atoms with Crippen LogP contribution in [0.2, 0.25) is 0 Å². The predicted molar refractivity (Wildman–Crippen MR) is 184 cm³/mol. The van der Waals surface area contributed by atoms with Crippen molar-refractivity contribution in [3.8, 4) is 11.1 Å². The summed E-state index contributed by atoms with van der Waals surface area (Å²) in [5.74, 6) is -8.01. The largest absolute Gasteiger partial charge is 0.456 e. The quantitative estimate of drug-likeness (QED) is 0.239. The van der Waals surface area contributed by atoms with Gasteiger partial charge in [0.15, 0.2) is 5.79 Å². The van der Waals surface area contributed by atoms with Gasteiger partial charge in [-0.3, -0.25) is 0 Å². The summed E-state index contributed by atoms with van der Waals surface area (Å²) in [4.78, 5) is 0.133. The number of nitrogens with zero attached hydrogens (tertiary/aromatic N) is 1. The fourth-order valence-corrected chi connectivity index (χ4v) is 11.1. The second-order valence-corrected chi connectivity index (χ2v) is 19.3. The van der Waals surface area contributed by atoms with Crippen LogP contribution in [-0.2, 0) is 19.5 Å². The molecule has 52 heavy (non-hydrogen) atoms. The molecule has 4 aliphatic carbocycles. The normalized spacial score (nSPS) is 34.6. The molecule has 2 aromatic carbocycles. The van der Waals surface area contributed by atoms with Crippen molar-refractivity contribution in [2.24, 2.45) is 22.7 Å². The van der Waals surface area contributed by atoms with Crippen molar-refractivity contribution in [2.75, 3.05) is 27.3 Å². The molecule has 1 aliphatic heterocycles. The predicted octanol–water partition coefficient (Wildman–Crippen LogP) is 7.83. The Hall–Kier alpha value is -2.42. The van der Waals surface area contributed by atoms with E-state index in [-0.39, 0.29) is 36.0 Å². The summed E-state index contributed by atoms with van der Waals surface area (Å²) in [6, 6.07) is 13.7. The first-order chi connectivity index (χ1) is 24.0. The molecule has 1 spiro atoms. The zero-order valence-electron chi connectivity index (χ0n) is 30.2. The Kier molecular flexibility index (Phi) is 8.77. The van der Waals surface area contributed by atoms with E-state index < -0.39 is 68.7 Å². The summed E-state index contributed by atoms with van der Waals surface area (Å²) >= 11 is 0. The second kappa shape index (κ2) is 12.0. The molecular formula is C39H48F5NO6S. The van der Waals surface area contributed by atoms with Crippen molar-refractivity contribution >= 4 is 10.0 Å². The zero-order chi connectivity index (χ0) is 37.9. The third-order valence-corrected chi connectivity index (χ3v) is 15.0. The Balaban J connectivity index is 1.30. The van der Waals surface area contributed by atoms with Crippen LogP contribution >= 0.6 is 0 Å². The van der Waals surface area contributed by atoms with Crippen LogP contribution in [0.3, 0.4) is 0 Å². The van der Waals surface area contributed by atoms with Crippen LogP contribution in [0.5, 0.6) is 0 Å². The fraction of sp³-hybridized carbons (Fsp3) is 0.641. The van der Waals surface area contributed by atoms with Gasteiger partial charge in [0.25, 0.3) is 0 Å². The Labute approximate surface area is 302 Å². The molecule has 2 unspecified atom stereocenters. The topological polar surface area (TPSA) is 96.3 Å². The summed E-state index contributed by atoms with van der Waals surface area (Å²) in [6.45, 7) is 6.42. The van der Waals surface area contributed by atoms with Crippen LogP contribution in [0, 0.1) is 22.7 Å². The van der Waals surface area contributed by atoms with E-state index in [0.717, 1.165) is 26.6 Å². The van der Waals surface area contributed by atoms with Gasteiger partial charge in [0, 0.05) is 43.7 Å². The number of ether oxygens (including phenoxy) is 2. The lowest BCUT2D eigenvalue weighted by molar-refractivity contribution is -0.362. The standard InChI is InChI=1S/C39H48F5NO6S/c1-33(2)22-50-36(51-23-33)18-15-31-32-28(14-17-35(31,46)21-36)30-16-19-37(47,38(40,41)39(42,43)44)34(30,3)20-29(32)26-8-6-24(7-9-26)25-10-12-27(13-11-25)52(48,49)45(4)5/h6-13,28-30,46-47H,14-23H2,1-5H3/t28?,29-,30?,34+,35-,37+/m1/s1. The lowest BCUT2D eigenvalue weighted by Gasteiger charge is -2.59. The summed E-state index contributed by atoms with van der Waals surface area (Å²) in [6.07, 6.45) is -5.03. The first-order valence-electron chi connectivity index (χ1n) is 18.0. The van der Waals surface area contributed by atoms with E-state index in [1.54, 1.807) is 12.1 Å². The van der Waals surface area contributed by atoms with E-state index >= 15 is 8.78 Å². The highest BCUT2D eigenvalue weighted by Crippen LogP contribution is 2.71. The molecule has 7 nitrogen and oxygen atoms in total. The number of fused-ring (bicyclic) bond motifs is 4. The Morgan fingerprint density at radius 3 is 1.96 bits per heavy atom. The molecule has 13 heteroatoms. The van der Waals surface area contributed by atoms with Crippen LogP contribution in [-0.4, -0.2) is 79.3 Å². The minimum absolute atomic E-state index is 0.00891. The van der Waals surface area contributed by atoms with Crippen molar-refractivity contribution < 1.29 is 50.1 Å². The number of hydrogen-bond acceptors (Lipinski definition) is 6. The third kappa shape index (κ3) is 5.62. The number of allylic oxidation sites excluding steroid dienone is 1. The number of sulfonamides is 1. The van der Waals surface area contributed by atoms with Crippen LogP contribution in [0.15, 0.2) is 64.6 Å². The van der Waals surface area contributed by atoms with E-state index in [0.29, 0.717) is 38.0 Å².